The van der Waals surface area contributed by atoms with Gasteiger partial charge in [-0.2, -0.15) is 13.2 Å². The van der Waals surface area contributed by atoms with Crippen molar-refractivity contribution in [3.05, 3.63) is 28.8 Å². The zero-order valence-electron chi connectivity index (χ0n) is 9.97. The van der Waals surface area contributed by atoms with E-state index in [4.69, 9.17) is 11.6 Å². The Labute approximate surface area is 109 Å². The number of benzene rings is 1. The molecule has 0 fully saturated rings. The molecule has 0 amide bonds. The molecule has 0 saturated heterocycles. The fraction of sp³-hybridized carbons (Fsp3) is 0.455. The number of hydrogen-bond donors (Lipinski definition) is 0. The third kappa shape index (κ3) is 2.80. The summed E-state index contributed by atoms with van der Waals surface area (Å²) < 4.78 is 60.1. The molecule has 0 aliphatic carbocycles. The van der Waals surface area contributed by atoms with Gasteiger partial charge >= 0.3 is 5.51 Å². The number of hydrogen-bond acceptors (Lipinski definition) is 2. The van der Waals surface area contributed by atoms with Gasteiger partial charge in [0.05, 0.1) is 9.92 Å². The van der Waals surface area contributed by atoms with Crippen LogP contribution in [0.15, 0.2) is 23.1 Å². The average molecular weight is 301 g/mol. The Kier molecular flexibility index (Phi) is 3.76. The van der Waals surface area contributed by atoms with E-state index >= 15 is 0 Å². The second kappa shape index (κ2) is 4.42. The average Bonchev–Trinajstić information content (AvgIpc) is 2.14. The summed E-state index contributed by atoms with van der Waals surface area (Å²) in [4.78, 5) is -0.899. The van der Waals surface area contributed by atoms with Crippen LogP contribution in [0.2, 0.25) is 5.02 Å². The normalized spacial score (nSPS) is 13.7. The molecule has 0 aliphatic heterocycles. The monoisotopic (exact) mass is 300 g/mol. The summed E-state index contributed by atoms with van der Waals surface area (Å²) in [6, 6.07) is 3.66. The summed E-state index contributed by atoms with van der Waals surface area (Å²) in [6.07, 6.45) is 0. The van der Waals surface area contributed by atoms with Crippen molar-refractivity contribution in [2.45, 2.75) is 36.6 Å². The maximum absolute atomic E-state index is 12.5. The van der Waals surface area contributed by atoms with E-state index in [1.54, 1.807) is 20.8 Å². The summed E-state index contributed by atoms with van der Waals surface area (Å²) in [5.41, 5.74) is -5.36. The van der Waals surface area contributed by atoms with Crippen molar-refractivity contribution in [1.29, 1.82) is 0 Å². The van der Waals surface area contributed by atoms with E-state index in [0.717, 1.165) is 6.07 Å². The standard InChI is InChI=1S/C11H12ClF3O2S/c1-10(2,3)7-4-5-8(12)9(6-7)18(16,17)11(13,14)15/h4-6H,1-3H3. The van der Waals surface area contributed by atoms with Crippen molar-refractivity contribution in [2.75, 3.05) is 0 Å². The summed E-state index contributed by atoms with van der Waals surface area (Å²) in [5.74, 6) is 0. The van der Waals surface area contributed by atoms with E-state index < -0.39 is 30.7 Å². The second-order valence-electron chi connectivity index (χ2n) is 4.84. The maximum atomic E-state index is 12.5. The Hall–Kier alpha value is -0.750. The summed E-state index contributed by atoms with van der Waals surface area (Å²) in [6.45, 7) is 5.29. The first kappa shape index (κ1) is 15.3. The zero-order chi connectivity index (χ0) is 14.4. The quantitative estimate of drug-likeness (QED) is 0.787. The Morgan fingerprint density at radius 3 is 2.00 bits per heavy atom. The van der Waals surface area contributed by atoms with Crippen LogP contribution in [0.4, 0.5) is 13.2 Å². The fourth-order valence-corrected chi connectivity index (χ4v) is 2.58. The Morgan fingerprint density at radius 2 is 1.61 bits per heavy atom. The van der Waals surface area contributed by atoms with Gasteiger partial charge < -0.3 is 0 Å². The lowest BCUT2D eigenvalue weighted by Gasteiger charge is -2.20. The topological polar surface area (TPSA) is 34.1 Å². The predicted molar refractivity (Wildman–Crippen MR) is 63.4 cm³/mol. The van der Waals surface area contributed by atoms with Gasteiger partial charge in [0.2, 0.25) is 0 Å². The molecule has 1 rings (SSSR count). The molecule has 0 aliphatic rings. The van der Waals surface area contributed by atoms with Crippen molar-refractivity contribution in [1.82, 2.24) is 0 Å². The third-order valence-electron chi connectivity index (χ3n) is 2.39. The lowest BCUT2D eigenvalue weighted by Crippen LogP contribution is -2.24. The first-order chi connectivity index (χ1) is 7.87. The van der Waals surface area contributed by atoms with Crippen LogP contribution in [0, 0.1) is 0 Å². The van der Waals surface area contributed by atoms with Gasteiger partial charge in [0.25, 0.3) is 9.84 Å². The molecule has 0 spiro atoms. The highest BCUT2D eigenvalue weighted by Crippen LogP contribution is 2.36. The predicted octanol–water partition coefficient (Wildman–Crippen LogP) is 3.93. The molecule has 18 heavy (non-hydrogen) atoms. The van der Waals surface area contributed by atoms with Crippen molar-refractivity contribution in [3.8, 4) is 0 Å². The van der Waals surface area contributed by atoms with Crippen LogP contribution in [0.1, 0.15) is 26.3 Å². The molecule has 2 nitrogen and oxygen atoms in total. The molecule has 0 unspecified atom stereocenters. The molecule has 0 atom stereocenters. The molecule has 1 aromatic rings. The van der Waals surface area contributed by atoms with Gasteiger partial charge in [0.15, 0.2) is 0 Å². The first-order valence-electron chi connectivity index (χ1n) is 4.99. The lowest BCUT2D eigenvalue weighted by molar-refractivity contribution is -0.0436. The zero-order valence-corrected chi connectivity index (χ0v) is 11.5. The summed E-state index contributed by atoms with van der Waals surface area (Å²) in [7, 11) is -5.42. The van der Waals surface area contributed by atoms with E-state index in [1.165, 1.54) is 12.1 Å². The molecular weight excluding hydrogens is 289 g/mol. The van der Waals surface area contributed by atoms with Gasteiger partial charge in [-0.1, -0.05) is 38.4 Å². The van der Waals surface area contributed by atoms with Crippen LogP contribution in [0.3, 0.4) is 0 Å². The minimum absolute atomic E-state index is 0.430. The molecule has 0 saturated carbocycles. The van der Waals surface area contributed by atoms with E-state index in [0.29, 0.717) is 5.56 Å². The second-order valence-corrected chi connectivity index (χ2v) is 7.16. The Bertz CT molecular complexity index is 557. The molecule has 0 heterocycles. The number of sulfone groups is 1. The van der Waals surface area contributed by atoms with Crippen LogP contribution in [0.5, 0.6) is 0 Å². The van der Waals surface area contributed by atoms with Gasteiger partial charge in [-0.3, -0.25) is 0 Å². The van der Waals surface area contributed by atoms with Crippen molar-refractivity contribution < 1.29 is 21.6 Å². The molecule has 0 radical (unpaired) electrons. The number of halogens is 4. The van der Waals surface area contributed by atoms with Gasteiger partial charge in [0.1, 0.15) is 0 Å². The lowest BCUT2D eigenvalue weighted by atomic mass is 9.87. The van der Waals surface area contributed by atoms with Gasteiger partial charge in [-0.05, 0) is 23.1 Å². The first-order valence-corrected chi connectivity index (χ1v) is 6.85. The highest BCUT2D eigenvalue weighted by Gasteiger charge is 2.48. The molecule has 0 bridgehead atoms. The van der Waals surface area contributed by atoms with Crippen LogP contribution in [-0.2, 0) is 15.3 Å². The highest BCUT2D eigenvalue weighted by molar-refractivity contribution is 7.92. The number of rotatable bonds is 1. The van der Waals surface area contributed by atoms with E-state index in [9.17, 15) is 21.6 Å². The molecule has 0 aromatic heterocycles. The molecule has 0 N–H and O–H groups in total. The van der Waals surface area contributed by atoms with E-state index in [-0.39, 0.29) is 0 Å². The van der Waals surface area contributed by atoms with Crippen molar-refractivity contribution >= 4 is 21.4 Å². The smallest absolute Gasteiger partial charge is 0.214 e. The Balaban J connectivity index is 3.53. The maximum Gasteiger partial charge on any atom is 0.501 e. The molecular formula is C11H12ClF3O2S. The van der Waals surface area contributed by atoms with Crippen LogP contribution in [-0.4, -0.2) is 13.9 Å². The Morgan fingerprint density at radius 1 is 1.11 bits per heavy atom. The summed E-state index contributed by atoms with van der Waals surface area (Å²) in [5, 5.41) is -0.430. The van der Waals surface area contributed by atoms with Crippen LogP contribution >= 0.6 is 11.6 Å². The fourth-order valence-electron chi connectivity index (χ4n) is 1.30. The van der Waals surface area contributed by atoms with Crippen LogP contribution in [0.25, 0.3) is 0 Å². The largest absolute Gasteiger partial charge is 0.501 e. The van der Waals surface area contributed by atoms with Crippen LogP contribution < -0.4 is 0 Å². The third-order valence-corrected chi connectivity index (χ3v) is 4.36. The molecule has 7 heteroatoms. The number of alkyl halides is 3. The van der Waals surface area contributed by atoms with Gasteiger partial charge in [0, 0.05) is 0 Å². The van der Waals surface area contributed by atoms with Gasteiger partial charge in [-0.15, -0.1) is 0 Å². The summed E-state index contributed by atoms with van der Waals surface area (Å²) >= 11 is 5.56. The minimum Gasteiger partial charge on any atom is -0.214 e. The van der Waals surface area contributed by atoms with E-state index in [1.807, 2.05) is 0 Å². The minimum atomic E-state index is -5.42. The molecule has 102 valence electrons. The highest BCUT2D eigenvalue weighted by atomic mass is 35.5. The van der Waals surface area contributed by atoms with Crippen molar-refractivity contribution in [2.24, 2.45) is 0 Å². The van der Waals surface area contributed by atoms with E-state index in [2.05, 4.69) is 0 Å². The molecule has 1 aromatic carbocycles. The van der Waals surface area contributed by atoms with Crippen molar-refractivity contribution in [3.63, 3.8) is 0 Å². The van der Waals surface area contributed by atoms with Gasteiger partial charge in [-0.25, -0.2) is 8.42 Å². The SMILES string of the molecule is CC(C)(C)c1ccc(Cl)c(S(=O)(=O)C(F)(F)F)c1.